The van der Waals surface area contributed by atoms with Gasteiger partial charge < -0.3 is 10.0 Å². The average molecular weight is 198 g/mol. The van der Waals surface area contributed by atoms with E-state index >= 15 is 0 Å². The Kier molecular flexibility index (Phi) is 2.74. The summed E-state index contributed by atoms with van der Waals surface area (Å²) in [5, 5.41) is 8.83. The number of carboxylic acid groups (broad SMARTS) is 1. The van der Waals surface area contributed by atoms with Crippen molar-refractivity contribution in [2.45, 2.75) is 31.3 Å². The summed E-state index contributed by atoms with van der Waals surface area (Å²) in [5.74, 6) is -0.670. The van der Waals surface area contributed by atoms with Gasteiger partial charge in [-0.05, 0) is 19.9 Å². The summed E-state index contributed by atoms with van der Waals surface area (Å²) in [7, 11) is 2.07. The highest BCUT2D eigenvalue weighted by Gasteiger charge is 2.37. The molecule has 2 rings (SSSR count). The van der Waals surface area contributed by atoms with Crippen LogP contribution in [0.25, 0.3) is 0 Å². The van der Waals surface area contributed by atoms with Crippen LogP contribution in [0.2, 0.25) is 0 Å². The van der Waals surface area contributed by atoms with Gasteiger partial charge in [-0.15, -0.1) is 0 Å². The predicted molar refractivity (Wildman–Crippen MR) is 53.3 cm³/mol. The second-order valence-corrected chi connectivity index (χ2v) is 4.48. The van der Waals surface area contributed by atoms with Crippen molar-refractivity contribution in [1.29, 1.82) is 0 Å². The SMILES string of the molecule is CN1CCN(C2CC2)C(CC(=O)O)C1. The molecule has 0 radical (unpaired) electrons. The normalized spacial score (nSPS) is 30.5. The van der Waals surface area contributed by atoms with Crippen LogP contribution >= 0.6 is 0 Å². The Balaban J connectivity index is 1.95. The lowest BCUT2D eigenvalue weighted by atomic mass is 10.1. The van der Waals surface area contributed by atoms with Gasteiger partial charge in [0.25, 0.3) is 0 Å². The zero-order valence-electron chi connectivity index (χ0n) is 8.65. The average Bonchev–Trinajstić information content (AvgIpc) is 2.86. The topological polar surface area (TPSA) is 43.8 Å². The Morgan fingerprint density at radius 2 is 2.14 bits per heavy atom. The summed E-state index contributed by atoms with van der Waals surface area (Å²) in [6.07, 6.45) is 2.82. The van der Waals surface area contributed by atoms with Gasteiger partial charge in [-0.2, -0.15) is 0 Å². The van der Waals surface area contributed by atoms with Gasteiger partial charge in [-0.25, -0.2) is 0 Å². The molecule has 4 nitrogen and oxygen atoms in total. The van der Waals surface area contributed by atoms with E-state index in [-0.39, 0.29) is 6.04 Å². The molecule has 1 N–H and O–H groups in total. The van der Waals surface area contributed by atoms with Gasteiger partial charge in [0.1, 0.15) is 0 Å². The number of carboxylic acids is 1. The minimum atomic E-state index is -0.670. The van der Waals surface area contributed by atoms with Crippen LogP contribution in [-0.2, 0) is 4.79 Å². The third-order valence-electron chi connectivity index (χ3n) is 3.16. The van der Waals surface area contributed by atoms with E-state index in [2.05, 4.69) is 16.8 Å². The molecule has 0 aromatic carbocycles. The highest BCUT2D eigenvalue weighted by atomic mass is 16.4. The van der Waals surface area contributed by atoms with Crippen molar-refractivity contribution in [3.8, 4) is 0 Å². The summed E-state index contributed by atoms with van der Waals surface area (Å²) in [6, 6.07) is 0.923. The molecule has 4 heteroatoms. The zero-order chi connectivity index (χ0) is 10.1. The van der Waals surface area contributed by atoms with Gasteiger partial charge in [0.05, 0.1) is 6.42 Å². The molecule has 1 atom stereocenters. The molecule has 0 amide bonds. The highest BCUT2D eigenvalue weighted by molar-refractivity contribution is 5.67. The number of aliphatic carboxylic acids is 1. The van der Waals surface area contributed by atoms with Gasteiger partial charge in [0.2, 0.25) is 0 Å². The quantitative estimate of drug-likeness (QED) is 0.705. The molecule has 1 saturated heterocycles. The first-order chi connectivity index (χ1) is 6.66. The van der Waals surface area contributed by atoms with E-state index in [1.165, 1.54) is 12.8 Å². The van der Waals surface area contributed by atoms with E-state index in [9.17, 15) is 4.79 Å². The first kappa shape index (κ1) is 9.93. The highest BCUT2D eigenvalue weighted by Crippen LogP contribution is 2.30. The molecule has 2 aliphatic rings. The van der Waals surface area contributed by atoms with Crippen molar-refractivity contribution >= 4 is 5.97 Å². The fourth-order valence-electron chi connectivity index (χ4n) is 2.29. The van der Waals surface area contributed by atoms with Gasteiger partial charge in [0.15, 0.2) is 0 Å². The van der Waals surface area contributed by atoms with Crippen LogP contribution in [-0.4, -0.2) is 59.6 Å². The Labute approximate surface area is 84.5 Å². The van der Waals surface area contributed by atoms with Crippen LogP contribution in [0.1, 0.15) is 19.3 Å². The minimum Gasteiger partial charge on any atom is -0.481 e. The largest absolute Gasteiger partial charge is 0.481 e. The molecule has 80 valence electrons. The summed E-state index contributed by atoms with van der Waals surface area (Å²) < 4.78 is 0. The van der Waals surface area contributed by atoms with E-state index in [0.29, 0.717) is 12.5 Å². The van der Waals surface area contributed by atoms with Crippen molar-refractivity contribution in [3.63, 3.8) is 0 Å². The number of carbonyl (C=O) groups is 1. The van der Waals surface area contributed by atoms with Gasteiger partial charge >= 0.3 is 5.97 Å². The Morgan fingerprint density at radius 1 is 1.43 bits per heavy atom. The van der Waals surface area contributed by atoms with E-state index in [1.807, 2.05) is 0 Å². The Hall–Kier alpha value is -0.610. The molecule has 0 aromatic heterocycles. The maximum atomic E-state index is 10.7. The third kappa shape index (κ3) is 2.25. The summed E-state index contributed by atoms with van der Waals surface area (Å²) in [5.41, 5.74) is 0. The van der Waals surface area contributed by atoms with E-state index in [0.717, 1.165) is 19.6 Å². The number of rotatable bonds is 3. The monoisotopic (exact) mass is 198 g/mol. The Morgan fingerprint density at radius 3 is 2.71 bits per heavy atom. The maximum absolute atomic E-state index is 10.7. The summed E-state index contributed by atoms with van der Waals surface area (Å²) in [6.45, 7) is 3.02. The van der Waals surface area contributed by atoms with Crippen LogP contribution in [0.3, 0.4) is 0 Å². The summed E-state index contributed by atoms with van der Waals surface area (Å²) in [4.78, 5) is 15.3. The predicted octanol–water partition coefficient (Wildman–Crippen LogP) is 0.239. The van der Waals surface area contributed by atoms with Crippen molar-refractivity contribution in [2.24, 2.45) is 0 Å². The molecule has 1 heterocycles. The molecule has 1 saturated carbocycles. The molecule has 0 bridgehead atoms. The molecule has 0 aromatic rings. The molecule has 1 unspecified atom stereocenters. The van der Waals surface area contributed by atoms with E-state index in [4.69, 9.17) is 5.11 Å². The minimum absolute atomic E-state index is 0.235. The second kappa shape index (κ2) is 3.87. The number of nitrogens with zero attached hydrogens (tertiary/aromatic N) is 2. The lowest BCUT2D eigenvalue weighted by Gasteiger charge is -2.39. The summed E-state index contributed by atoms with van der Waals surface area (Å²) >= 11 is 0. The first-order valence-corrected chi connectivity index (χ1v) is 5.33. The molecule has 0 spiro atoms. The van der Waals surface area contributed by atoms with Crippen molar-refractivity contribution in [3.05, 3.63) is 0 Å². The maximum Gasteiger partial charge on any atom is 0.304 e. The second-order valence-electron chi connectivity index (χ2n) is 4.48. The van der Waals surface area contributed by atoms with E-state index < -0.39 is 5.97 Å². The van der Waals surface area contributed by atoms with E-state index in [1.54, 1.807) is 0 Å². The smallest absolute Gasteiger partial charge is 0.304 e. The van der Waals surface area contributed by atoms with Crippen LogP contribution in [0.4, 0.5) is 0 Å². The Bertz CT molecular complexity index is 228. The van der Waals surface area contributed by atoms with Crippen LogP contribution in [0, 0.1) is 0 Å². The number of hydrogen-bond acceptors (Lipinski definition) is 3. The number of piperazine rings is 1. The third-order valence-corrected chi connectivity index (χ3v) is 3.16. The fraction of sp³-hybridized carbons (Fsp3) is 0.900. The van der Waals surface area contributed by atoms with Crippen LogP contribution in [0.15, 0.2) is 0 Å². The standard InChI is InChI=1S/C10H18N2O2/c1-11-4-5-12(8-2-3-8)9(7-11)6-10(13)14/h8-9H,2-7H2,1H3,(H,13,14). The molecule has 2 fully saturated rings. The zero-order valence-corrected chi connectivity index (χ0v) is 8.65. The van der Waals surface area contributed by atoms with Crippen molar-refractivity contribution in [2.75, 3.05) is 26.7 Å². The van der Waals surface area contributed by atoms with Gasteiger partial charge in [-0.1, -0.05) is 0 Å². The van der Waals surface area contributed by atoms with Crippen molar-refractivity contribution < 1.29 is 9.90 Å². The molecular formula is C10H18N2O2. The molecular weight excluding hydrogens is 180 g/mol. The van der Waals surface area contributed by atoms with Crippen LogP contribution in [0.5, 0.6) is 0 Å². The fourth-order valence-corrected chi connectivity index (χ4v) is 2.29. The first-order valence-electron chi connectivity index (χ1n) is 5.33. The molecule has 1 aliphatic carbocycles. The van der Waals surface area contributed by atoms with Crippen molar-refractivity contribution in [1.82, 2.24) is 9.80 Å². The lowest BCUT2D eigenvalue weighted by molar-refractivity contribution is -0.139. The molecule has 14 heavy (non-hydrogen) atoms. The van der Waals surface area contributed by atoms with Gasteiger partial charge in [-0.3, -0.25) is 9.69 Å². The number of hydrogen-bond donors (Lipinski definition) is 1. The molecule has 1 aliphatic heterocycles. The number of likely N-dealkylation sites (N-methyl/N-ethyl adjacent to an activating group) is 1. The lowest BCUT2D eigenvalue weighted by Crippen LogP contribution is -2.53. The van der Waals surface area contributed by atoms with Crippen LogP contribution < -0.4 is 0 Å². The van der Waals surface area contributed by atoms with Gasteiger partial charge in [0, 0.05) is 31.7 Å².